The molecule has 0 amide bonds. The first-order valence-electron chi connectivity index (χ1n) is 15.4. The second-order valence-electron chi connectivity index (χ2n) is 10.7. The van der Waals surface area contributed by atoms with Crippen molar-refractivity contribution in [3.63, 3.8) is 0 Å². The van der Waals surface area contributed by atoms with Gasteiger partial charge in [-0.25, -0.2) is 4.98 Å². The van der Waals surface area contributed by atoms with Crippen LogP contribution < -0.4 is 5.56 Å². The van der Waals surface area contributed by atoms with Crippen molar-refractivity contribution in [3.05, 3.63) is 99.4 Å². The smallest absolute Gasteiger partial charge is 0.374 e. The molecule has 0 radical (unpaired) electrons. The van der Waals surface area contributed by atoms with Gasteiger partial charge < -0.3 is 14.0 Å². The largest absolute Gasteiger partial charge is 0.412 e. The first-order valence-corrected chi connectivity index (χ1v) is 15.4. The van der Waals surface area contributed by atoms with Gasteiger partial charge in [-0.2, -0.15) is 13.2 Å². The lowest BCUT2D eigenvalue weighted by Crippen LogP contribution is -2.44. The molecule has 3 aromatic rings. The summed E-state index contributed by atoms with van der Waals surface area (Å²) in [6.45, 7) is 15.1. The Morgan fingerprint density at radius 3 is 2.36 bits per heavy atom. The van der Waals surface area contributed by atoms with E-state index in [1.165, 1.54) is 12.2 Å². The molecular weight excluding hydrogens is 565 g/mol. The van der Waals surface area contributed by atoms with Gasteiger partial charge in [0.05, 0.1) is 35.7 Å². The second kappa shape index (κ2) is 15.0. The number of ether oxygens (including phenoxy) is 2. The van der Waals surface area contributed by atoms with Crippen LogP contribution in [-0.4, -0.2) is 28.4 Å². The van der Waals surface area contributed by atoms with Gasteiger partial charge in [0.25, 0.3) is 5.56 Å². The van der Waals surface area contributed by atoms with E-state index in [-0.39, 0.29) is 17.3 Å². The van der Waals surface area contributed by atoms with E-state index < -0.39 is 11.7 Å². The number of hydrogen-bond donors (Lipinski definition) is 0. The summed E-state index contributed by atoms with van der Waals surface area (Å²) in [5, 5.41) is 1.11. The van der Waals surface area contributed by atoms with Crippen LogP contribution in [0.4, 0.5) is 13.2 Å². The Labute approximate surface area is 259 Å². The number of benzene rings is 1. The minimum atomic E-state index is -4.22. The molecule has 1 fully saturated rings. The van der Waals surface area contributed by atoms with Crippen LogP contribution in [0.2, 0.25) is 0 Å². The van der Waals surface area contributed by atoms with E-state index in [2.05, 4.69) is 24.8 Å². The molecule has 2 aromatic heterocycles. The van der Waals surface area contributed by atoms with Crippen molar-refractivity contribution in [1.29, 1.82) is 0 Å². The highest BCUT2D eigenvalue weighted by molar-refractivity contribution is 5.84. The van der Waals surface area contributed by atoms with Gasteiger partial charge in [0.15, 0.2) is 0 Å². The summed E-state index contributed by atoms with van der Waals surface area (Å²) in [6, 6.07) is 12.4. The standard InChI is InChI=1S/C23H22N2O3.C9H11F3.2C2H6/c1-27-21-16-11-19-20-15(10-14-6-2-3-7-18(14)24-20)12-25(19)22(26)17(16)13-28-23(21)8-4-5-9-23;1-4-7(2)5-6-8(3)9(10,11)12;2*1-2/h2-3,6-7,10-11,21H,4-5,8-9,12-13H2,1H3;4-6H,1H2,2-3H3;2*1-2H3/b;7-5-,8-6+;;. The lowest BCUT2D eigenvalue weighted by molar-refractivity contribution is -0.156. The molecule has 6 rings (SSSR count). The molecule has 1 aliphatic carbocycles. The Bertz CT molecular complexity index is 1580. The van der Waals surface area contributed by atoms with Gasteiger partial charge in [0.1, 0.15) is 6.10 Å². The molecule has 1 unspecified atom stereocenters. The van der Waals surface area contributed by atoms with Crippen molar-refractivity contribution in [1.82, 2.24) is 9.55 Å². The molecule has 1 spiro atoms. The average molecular weight is 611 g/mol. The maximum absolute atomic E-state index is 13.3. The van der Waals surface area contributed by atoms with Crippen LogP contribution in [0.5, 0.6) is 0 Å². The molecule has 0 N–H and O–H groups in total. The van der Waals surface area contributed by atoms with E-state index in [9.17, 15) is 18.0 Å². The van der Waals surface area contributed by atoms with Gasteiger partial charge in [0, 0.05) is 29.2 Å². The SMILES string of the molecule is C=C/C(C)=C\C=C(/C)C(F)(F)F.CC.CC.COC1c2cc3n(c(=O)c2COC12CCCC2)Cc1cc2ccccc2nc1-3. The number of hydrogen-bond acceptors (Lipinski definition) is 4. The molecule has 5 nitrogen and oxygen atoms in total. The highest BCUT2D eigenvalue weighted by Gasteiger charge is 2.48. The maximum Gasteiger partial charge on any atom is 0.412 e. The summed E-state index contributed by atoms with van der Waals surface area (Å²) < 4.78 is 49.7. The van der Waals surface area contributed by atoms with Crippen molar-refractivity contribution >= 4 is 10.9 Å². The van der Waals surface area contributed by atoms with Gasteiger partial charge >= 0.3 is 6.18 Å². The Kier molecular flexibility index (Phi) is 11.9. The van der Waals surface area contributed by atoms with Crippen LogP contribution in [-0.2, 0) is 22.6 Å². The second-order valence-corrected chi connectivity index (χ2v) is 10.7. The fraction of sp³-hybridized carbons (Fsp3) is 0.444. The molecule has 44 heavy (non-hydrogen) atoms. The third kappa shape index (κ3) is 7.08. The summed E-state index contributed by atoms with van der Waals surface area (Å²) in [5.41, 5.74) is 5.46. The average Bonchev–Trinajstić information content (AvgIpc) is 3.65. The molecule has 8 heteroatoms. The quantitative estimate of drug-likeness (QED) is 0.217. The molecular formula is C36H45F3N2O3. The summed E-state index contributed by atoms with van der Waals surface area (Å²) in [4.78, 5) is 18.2. The van der Waals surface area contributed by atoms with Crippen LogP contribution >= 0.6 is 0 Å². The molecule has 1 saturated carbocycles. The van der Waals surface area contributed by atoms with E-state index in [0.717, 1.165) is 77.7 Å². The summed E-state index contributed by atoms with van der Waals surface area (Å²) in [7, 11) is 1.73. The Morgan fingerprint density at radius 2 is 1.75 bits per heavy atom. The number of methoxy groups -OCH3 is 1. The van der Waals surface area contributed by atoms with E-state index in [1.807, 2.05) is 50.5 Å². The van der Waals surface area contributed by atoms with Gasteiger partial charge in [-0.1, -0.05) is 89.1 Å². The predicted octanol–water partition coefficient (Wildman–Crippen LogP) is 9.64. The predicted molar refractivity (Wildman–Crippen MR) is 173 cm³/mol. The van der Waals surface area contributed by atoms with E-state index >= 15 is 0 Å². The molecule has 1 aromatic carbocycles. The molecule has 238 valence electrons. The van der Waals surface area contributed by atoms with Crippen LogP contribution in [0.1, 0.15) is 90.0 Å². The fourth-order valence-electron chi connectivity index (χ4n) is 5.83. The summed E-state index contributed by atoms with van der Waals surface area (Å²) >= 11 is 0. The zero-order valence-electron chi connectivity index (χ0n) is 27.0. The lowest BCUT2D eigenvalue weighted by Gasteiger charge is -2.41. The van der Waals surface area contributed by atoms with E-state index in [0.29, 0.717) is 18.7 Å². The highest BCUT2D eigenvalue weighted by atomic mass is 19.4. The first kappa shape index (κ1) is 35.0. The van der Waals surface area contributed by atoms with E-state index in [1.54, 1.807) is 14.0 Å². The molecule has 3 aliphatic rings. The number of alkyl halides is 3. The monoisotopic (exact) mass is 610 g/mol. The number of allylic oxidation sites excluding steroid dienone is 5. The molecule has 0 saturated heterocycles. The van der Waals surface area contributed by atoms with Gasteiger partial charge in [-0.3, -0.25) is 4.79 Å². The number of halogens is 3. The molecule has 4 heterocycles. The first-order chi connectivity index (χ1) is 21.1. The van der Waals surface area contributed by atoms with Gasteiger partial charge in [0.2, 0.25) is 0 Å². The Morgan fingerprint density at radius 1 is 1.09 bits per heavy atom. The topological polar surface area (TPSA) is 53.4 Å². The third-order valence-electron chi connectivity index (χ3n) is 8.12. The minimum absolute atomic E-state index is 0.0319. The van der Waals surface area contributed by atoms with Crippen molar-refractivity contribution < 1.29 is 22.6 Å². The zero-order chi connectivity index (χ0) is 32.7. The van der Waals surface area contributed by atoms with Crippen molar-refractivity contribution in [3.8, 4) is 11.4 Å². The van der Waals surface area contributed by atoms with Gasteiger partial charge in [-0.05, 0) is 50.5 Å². The van der Waals surface area contributed by atoms with Crippen molar-refractivity contribution in [2.45, 2.75) is 98.3 Å². The number of fused-ring (bicyclic) bond motifs is 5. The Hall–Kier alpha value is -3.49. The number of nitrogens with zero attached hydrogens (tertiary/aromatic N) is 2. The third-order valence-corrected chi connectivity index (χ3v) is 8.12. The number of pyridine rings is 2. The fourth-order valence-corrected chi connectivity index (χ4v) is 5.83. The summed E-state index contributed by atoms with van der Waals surface area (Å²) in [6.07, 6.45) is 3.78. The summed E-state index contributed by atoms with van der Waals surface area (Å²) in [5.74, 6) is 0. The minimum Gasteiger partial charge on any atom is -0.374 e. The van der Waals surface area contributed by atoms with Crippen molar-refractivity contribution in [2.24, 2.45) is 0 Å². The van der Waals surface area contributed by atoms with E-state index in [4.69, 9.17) is 14.5 Å². The highest BCUT2D eigenvalue weighted by Crippen LogP contribution is 2.49. The molecule has 0 bridgehead atoms. The van der Waals surface area contributed by atoms with Crippen LogP contribution in [0.15, 0.2) is 77.1 Å². The number of aromatic nitrogens is 2. The van der Waals surface area contributed by atoms with Gasteiger partial charge in [-0.15, -0.1) is 0 Å². The number of rotatable bonds is 3. The molecule has 1 atom stereocenters. The molecule has 2 aliphatic heterocycles. The maximum atomic E-state index is 13.3. The normalized spacial score (nSPS) is 18.1. The van der Waals surface area contributed by atoms with Crippen LogP contribution in [0.25, 0.3) is 22.3 Å². The van der Waals surface area contributed by atoms with Crippen LogP contribution in [0, 0.1) is 0 Å². The lowest BCUT2D eigenvalue weighted by atomic mass is 9.84. The van der Waals surface area contributed by atoms with Crippen molar-refractivity contribution in [2.75, 3.05) is 7.11 Å². The Balaban J connectivity index is 0.000000282. The zero-order valence-corrected chi connectivity index (χ0v) is 27.0. The van der Waals surface area contributed by atoms with Crippen LogP contribution in [0.3, 0.4) is 0 Å². The number of para-hydroxylation sites is 1.